The van der Waals surface area contributed by atoms with Gasteiger partial charge in [-0.15, -0.1) is 0 Å². The van der Waals surface area contributed by atoms with Crippen molar-refractivity contribution in [1.29, 1.82) is 0 Å². The zero-order valence-corrected chi connectivity index (χ0v) is 12.7. The van der Waals surface area contributed by atoms with Gasteiger partial charge >= 0.3 is 5.97 Å². The fraction of sp³-hybridized carbons (Fsp3) is 0.800. The summed E-state index contributed by atoms with van der Waals surface area (Å²) < 4.78 is 0. The molecule has 2 fully saturated rings. The van der Waals surface area contributed by atoms with E-state index in [1.54, 1.807) is 4.90 Å². The molecule has 1 N–H and O–H groups in total. The highest BCUT2D eigenvalue weighted by molar-refractivity contribution is 5.86. The van der Waals surface area contributed by atoms with Crippen molar-refractivity contribution >= 4 is 17.8 Å². The summed E-state index contributed by atoms with van der Waals surface area (Å²) >= 11 is 0. The number of nitrogens with zero attached hydrogens (tertiary/aromatic N) is 2. The first-order valence-corrected chi connectivity index (χ1v) is 7.72. The van der Waals surface area contributed by atoms with Crippen LogP contribution in [0.25, 0.3) is 0 Å². The second-order valence-electron chi connectivity index (χ2n) is 6.29. The van der Waals surface area contributed by atoms with Crippen molar-refractivity contribution in [3.05, 3.63) is 0 Å². The number of amides is 2. The maximum atomic E-state index is 12.4. The number of aliphatic carboxylic acids is 1. The van der Waals surface area contributed by atoms with Gasteiger partial charge < -0.3 is 14.9 Å². The molecule has 21 heavy (non-hydrogen) atoms. The van der Waals surface area contributed by atoms with Crippen LogP contribution in [-0.4, -0.2) is 58.9 Å². The van der Waals surface area contributed by atoms with Crippen LogP contribution in [0.5, 0.6) is 0 Å². The molecule has 0 bridgehead atoms. The van der Waals surface area contributed by atoms with E-state index < -0.39 is 11.9 Å². The standard InChI is InChI=1S/C15H24N2O4/c1-10(2)13(18)16-6-3-7-17(9-8-16)14(19)11-4-5-12(11)15(20)21/h10-12H,3-9H2,1-2H3,(H,20,21). The lowest BCUT2D eigenvalue weighted by atomic mass is 9.73. The lowest BCUT2D eigenvalue weighted by molar-refractivity contribution is -0.156. The van der Waals surface area contributed by atoms with Crippen molar-refractivity contribution in [3.63, 3.8) is 0 Å². The average molecular weight is 296 g/mol. The van der Waals surface area contributed by atoms with E-state index in [2.05, 4.69) is 0 Å². The molecule has 2 aliphatic rings. The molecule has 6 nitrogen and oxygen atoms in total. The molecule has 1 aliphatic carbocycles. The summed E-state index contributed by atoms with van der Waals surface area (Å²) in [5, 5.41) is 9.06. The Morgan fingerprint density at radius 1 is 0.952 bits per heavy atom. The molecule has 0 aromatic heterocycles. The summed E-state index contributed by atoms with van der Waals surface area (Å²) in [5.41, 5.74) is 0. The van der Waals surface area contributed by atoms with Crippen LogP contribution < -0.4 is 0 Å². The normalized spacial score (nSPS) is 26.2. The molecule has 0 radical (unpaired) electrons. The Hall–Kier alpha value is -1.59. The summed E-state index contributed by atoms with van der Waals surface area (Å²) in [6.45, 7) is 6.11. The maximum absolute atomic E-state index is 12.4. The number of carboxylic acids is 1. The fourth-order valence-electron chi connectivity index (χ4n) is 3.05. The quantitative estimate of drug-likeness (QED) is 0.836. The van der Waals surface area contributed by atoms with E-state index in [4.69, 9.17) is 5.11 Å². The van der Waals surface area contributed by atoms with Crippen molar-refractivity contribution < 1.29 is 19.5 Å². The van der Waals surface area contributed by atoms with Crippen LogP contribution >= 0.6 is 0 Å². The molecule has 1 heterocycles. The molecular formula is C15H24N2O4. The highest BCUT2D eigenvalue weighted by Gasteiger charge is 2.43. The summed E-state index contributed by atoms with van der Waals surface area (Å²) in [7, 11) is 0. The number of hydrogen-bond acceptors (Lipinski definition) is 3. The van der Waals surface area contributed by atoms with Crippen molar-refractivity contribution in [2.75, 3.05) is 26.2 Å². The molecule has 0 spiro atoms. The van der Waals surface area contributed by atoms with Crippen LogP contribution in [0.15, 0.2) is 0 Å². The third-order valence-electron chi connectivity index (χ3n) is 4.52. The van der Waals surface area contributed by atoms with Gasteiger partial charge in [0, 0.05) is 32.1 Å². The first kappa shape index (κ1) is 15.8. The van der Waals surface area contributed by atoms with Crippen LogP contribution in [-0.2, 0) is 14.4 Å². The second-order valence-corrected chi connectivity index (χ2v) is 6.29. The fourth-order valence-corrected chi connectivity index (χ4v) is 3.05. The van der Waals surface area contributed by atoms with E-state index in [-0.39, 0.29) is 23.7 Å². The van der Waals surface area contributed by atoms with Crippen LogP contribution in [0.2, 0.25) is 0 Å². The van der Waals surface area contributed by atoms with Crippen LogP contribution in [0.1, 0.15) is 33.1 Å². The summed E-state index contributed by atoms with van der Waals surface area (Å²) in [6, 6.07) is 0. The van der Waals surface area contributed by atoms with E-state index in [9.17, 15) is 14.4 Å². The van der Waals surface area contributed by atoms with Gasteiger partial charge in [0.2, 0.25) is 11.8 Å². The number of carbonyl (C=O) groups is 3. The smallest absolute Gasteiger partial charge is 0.307 e. The van der Waals surface area contributed by atoms with E-state index in [1.807, 2.05) is 18.7 Å². The van der Waals surface area contributed by atoms with Crippen LogP contribution in [0, 0.1) is 17.8 Å². The molecule has 0 aromatic rings. The molecule has 2 unspecified atom stereocenters. The zero-order chi connectivity index (χ0) is 15.6. The first-order chi connectivity index (χ1) is 9.91. The van der Waals surface area contributed by atoms with Gasteiger partial charge in [0.05, 0.1) is 11.8 Å². The molecule has 1 aliphatic heterocycles. The predicted octanol–water partition coefficient (Wildman–Crippen LogP) is 0.814. The van der Waals surface area contributed by atoms with E-state index in [0.29, 0.717) is 39.0 Å². The molecule has 118 valence electrons. The van der Waals surface area contributed by atoms with Gasteiger partial charge in [-0.25, -0.2) is 0 Å². The number of rotatable bonds is 3. The Morgan fingerprint density at radius 3 is 2.05 bits per heavy atom. The molecule has 1 saturated heterocycles. The molecular weight excluding hydrogens is 272 g/mol. The monoisotopic (exact) mass is 296 g/mol. The maximum Gasteiger partial charge on any atom is 0.307 e. The van der Waals surface area contributed by atoms with Crippen LogP contribution in [0.4, 0.5) is 0 Å². The van der Waals surface area contributed by atoms with Gasteiger partial charge in [0.1, 0.15) is 0 Å². The second kappa shape index (κ2) is 6.45. The lowest BCUT2D eigenvalue weighted by Gasteiger charge is -2.36. The minimum atomic E-state index is -0.869. The molecule has 1 saturated carbocycles. The highest BCUT2D eigenvalue weighted by Crippen LogP contribution is 2.36. The van der Waals surface area contributed by atoms with Crippen molar-refractivity contribution in [2.45, 2.75) is 33.1 Å². The molecule has 2 rings (SSSR count). The van der Waals surface area contributed by atoms with E-state index >= 15 is 0 Å². The van der Waals surface area contributed by atoms with Gasteiger partial charge in [-0.1, -0.05) is 13.8 Å². The minimum Gasteiger partial charge on any atom is -0.481 e. The third kappa shape index (κ3) is 3.36. The molecule has 2 amide bonds. The van der Waals surface area contributed by atoms with Crippen molar-refractivity contribution in [3.8, 4) is 0 Å². The Morgan fingerprint density at radius 2 is 1.52 bits per heavy atom. The van der Waals surface area contributed by atoms with E-state index in [0.717, 1.165) is 6.42 Å². The highest BCUT2D eigenvalue weighted by atomic mass is 16.4. The van der Waals surface area contributed by atoms with Crippen molar-refractivity contribution in [2.24, 2.45) is 17.8 Å². The summed E-state index contributed by atoms with van der Waals surface area (Å²) in [4.78, 5) is 39.0. The van der Waals surface area contributed by atoms with Gasteiger partial charge in [-0.3, -0.25) is 14.4 Å². The predicted molar refractivity (Wildman–Crippen MR) is 76.5 cm³/mol. The van der Waals surface area contributed by atoms with Gasteiger partial charge in [-0.05, 0) is 19.3 Å². The Labute approximate surface area is 125 Å². The Balaban J connectivity index is 1.92. The van der Waals surface area contributed by atoms with Crippen LogP contribution in [0.3, 0.4) is 0 Å². The zero-order valence-electron chi connectivity index (χ0n) is 12.7. The molecule has 2 atom stereocenters. The lowest BCUT2D eigenvalue weighted by Crippen LogP contribution is -2.47. The summed E-state index contributed by atoms with van der Waals surface area (Å²) in [6.07, 6.45) is 2.02. The SMILES string of the molecule is CC(C)C(=O)N1CCCN(C(=O)C2CCC2C(=O)O)CC1. The van der Waals surface area contributed by atoms with Gasteiger partial charge in [0.15, 0.2) is 0 Å². The van der Waals surface area contributed by atoms with Gasteiger partial charge in [-0.2, -0.15) is 0 Å². The Kier molecular flexibility index (Phi) is 4.85. The van der Waals surface area contributed by atoms with Crippen molar-refractivity contribution in [1.82, 2.24) is 9.80 Å². The molecule has 6 heteroatoms. The summed E-state index contributed by atoms with van der Waals surface area (Å²) in [5.74, 6) is -1.71. The number of hydrogen-bond donors (Lipinski definition) is 1. The molecule has 0 aromatic carbocycles. The van der Waals surface area contributed by atoms with Gasteiger partial charge in [0.25, 0.3) is 0 Å². The minimum absolute atomic E-state index is 0.0322. The average Bonchev–Trinajstić information content (AvgIpc) is 2.61. The topological polar surface area (TPSA) is 77.9 Å². The largest absolute Gasteiger partial charge is 0.481 e. The number of carboxylic acid groups (broad SMARTS) is 1. The Bertz CT molecular complexity index is 435. The van der Waals surface area contributed by atoms with E-state index in [1.165, 1.54) is 0 Å². The number of carbonyl (C=O) groups excluding carboxylic acids is 2. The first-order valence-electron chi connectivity index (χ1n) is 7.72. The third-order valence-corrected chi connectivity index (χ3v) is 4.52.